The van der Waals surface area contributed by atoms with Gasteiger partial charge in [0.25, 0.3) is 0 Å². The second-order valence-corrected chi connectivity index (χ2v) is 3.08. The second kappa shape index (κ2) is 3.15. The number of hydrogen-bond acceptors (Lipinski definition) is 2. The van der Waals surface area contributed by atoms with Gasteiger partial charge in [-0.3, -0.25) is 0 Å². The summed E-state index contributed by atoms with van der Waals surface area (Å²) in [5.41, 5.74) is 0.903. The van der Waals surface area contributed by atoms with E-state index in [1.54, 1.807) is 6.20 Å². The number of aromatic nitrogens is 2. The van der Waals surface area contributed by atoms with Gasteiger partial charge < -0.3 is 14.7 Å². The molecule has 0 spiro atoms. The number of ether oxygens (including phenoxy) is 1. The van der Waals surface area contributed by atoms with Crippen molar-refractivity contribution >= 4 is 0 Å². The van der Waals surface area contributed by atoms with E-state index in [4.69, 9.17) is 4.74 Å². The van der Waals surface area contributed by atoms with Gasteiger partial charge in [0.1, 0.15) is 0 Å². The highest BCUT2D eigenvalue weighted by molar-refractivity contribution is 5.03. The fourth-order valence-electron chi connectivity index (χ4n) is 1.58. The molecule has 0 radical (unpaired) electrons. The highest BCUT2D eigenvalue weighted by Crippen LogP contribution is 2.23. The Morgan fingerprint density at radius 2 is 2.17 bits per heavy atom. The molecule has 1 fully saturated rings. The van der Waals surface area contributed by atoms with Crippen LogP contribution in [0.4, 0.5) is 0 Å². The van der Waals surface area contributed by atoms with Crippen molar-refractivity contribution in [3.05, 3.63) is 22.4 Å². The number of aromatic amines is 2. The molecule has 1 aliphatic heterocycles. The minimum atomic E-state index is -0.114. The van der Waals surface area contributed by atoms with Crippen molar-refractivity contribution in [3.8, 4) is 0 Å². The van der Waals surface area contributed by atoms with Crippen molar-refractivity contribution in [1.82, 2.24) is 9.97 Å². The average molecular weight is 168 g/mol. The van der Waals surface area contributed by atoms with E-state index in [1.165, 1.54) is 0 Å². The Bertz CT molecular complexity index is 296. The molecule has 1 aromatic rings. The predicted molar refractivity (Wildman–Crippen MR) is 44.2 cm³/mol. The molecule has 1 aliphatic rings. The lowest BCUT2D eigenvalue weighted by atomic mass is 9.97. The first-order valence-electron chi connectivity index (χ1n) is 4.21. The molecule has 4 nitrogen and oxygen atoms in total. The Kier molecular flexibility index (Phi) is 1.99. The van der Waals surface area contributed by atoms with Crippen LogP contribution in [0, 0.1) is 0 Å². The van der Waals surface area contributed by atoms with Gasteiger partial charge in [0.05, 0.1) is 0 Å². The van der Waals surface area contributed by atoms with Gasteiger partial charge in [-0.05, 0) is 12.8 Å². The van der Waals surface area contributed by atoms with Crippen molar-refractivity contribution in [2.24, 2.45) is 0 Å². The molecule has 1 aromatic heterocycles. The molecule has 2 heterocycles. The summed E-state index contributed by atoms with van der Waals surface area (Å²) in [4.78, 5) is 16.2. The number of rotatable bonds is 1. The zero-order valence-electron chi connectivity index (χ0n) is 6.80. The first kappa shape index (κ1) is 7.61. The van der Waals surface area contributed by atoms with Crippen LogP contribution in [-0.2, 0) is 4.74 Å². The maximum Gasteiger partial charge on any atom is 0.323 e. The van der Waals surface area contributed by atoms with Gasteiger partial charge in [-0.2, -0.15) is 0 Å². The quantitative estimate of drug-likeness (QED) is 0.645. The molecular weight excluding hydrogens is 156 g/mol. The van der Waals surface area contributed by atoms with Crippen LogP contribution in [-0.4, -0.2) is 23.2 Å². The average Bonchev–Trinajstić information content (AvgIpc) is 2.54. The van der Waals surface area contributed by atoms with Gasteiger partial charge in [-0.15, -0.1) is 0 Å². The molecule has 0 unspecified atom stereocenters. The molecule has 12 heavy (non-hydrogen) atoms. The Morgan fingerprint density at radius 3 is 2.75 bits per heavy atom. The molecule has 2 N–H and O–H groups in total. The van der Waals surface area contributed by atoms with Crippen LogP contribution >= 0.6 is 0 Å². The molecule has 0 atom stereocenters. The molecule has 1 saturated heterocycles. The minimum Gasteiger partial charge on any atom is -0.381 e. The smallest absolute Gasteiger partial charge is 0.323 e. The van der Waals surface area contributed by atoms with Gasteiger partial charge in [0.2, 0.25) is 0 Å². The highest BCUT2D eigenvalue weighted by atomic mass is 16.5. The third kappa shape index (κ3) is 1.43. The normalized spacial score (nSPS) is 19.7. The second-order valence-electron chi connectivity index (χ2n) is 3.08. The molecule has 0 aliphatic carbocycles. The van der Waals surface area contributed by atoms with E-state index in [2.05, 4.69) is 9.97 Å². The van der Waals surface area contributed by atoms with Gasteiger partial charge in [-0.1, -0.05) is 0 Å². The monoisotopic (exact) mass is 168 g/mol. The first-order valence-corrected chi connectivity index (χ1v) is 4.21. The summed E-state index contributed by atoms with van der Waals surface area (Å²) in [5.74, 6) is 0.470. The van der Waals surface area contributed by atoms with Crippen molar-refractivity contribution in [1.29, 1.82) is 0 Å². The van der Waals surface area contributed by atoms with Gasteiger partial charge in [0.15, 0.2) is 0 Å². The lowest BCUT2D eigenvalue weighted by Crippen LogP contribution is -2.15. The van der Waals surface area contributed by atoms with E-state index < -0.39 is 0 Å². The van der Waals surface area contributed by atoms with Crippen LogP contribution < -0.4 is 5.69 Å². The van der Waals surface area contributed by atoms with Gasteiger partial charge >= 0.3 is 5.69 Å². The van der Waals surface area contributed by atoms with E-state index in [0.29, 0.717) is 5.92 Å². The molecule has 2 rings (SSSR count). The summed E-state index contributed by atoms with van der Waals surface area (Å²) in [5, 5.41) is 0. The standard InChI is InChI=1S/C8H12N2O2/c11-8-9-5-7(10-8)6-1-3-12-4-2-6/h5-6H,1-4H2,(H2,9,10,11). The van der Waals surface area contributed by atoms with Gasteiger partial charge in [-0.25, -0.2) is 4.79 Å². The Balaban J connectivity index is 2.13. The lowest BCUT2D eigenvalue weighted by molar-refractivity contribution is 0.0845. The Labute approximate surface area is 70.0 Å². The lowest BCUT2D eigenvalue weighted by Gasteiger charge is -2.20. The van der Waals surface area contributed by atoms with Crippen molar-refractivity contribution < 1.29 is 4.74 Å². The maximum atomic E-state index is 10.8. The van der Waals surface area contributed by atoms with Crippen molar-refractivity contribution in [2.45, 2.75) is 18.8 Å². The highest BCUT2D eigenvalue weighted by Gasteiger charge is 2.16. The van der Waals surface area contributed by atoms with Crippen LogP contribution in [0.25, 0.3) is 0 Å². The number of H-pyrrole nitrogens is 2. The Morgan fingerprint density at radius 1 is 1.42 bits per heavy atom. The van der Waals surface area contributed by atoms with Crippen LogP contribution in [0.15, 0.2) is 11.0 Å². The topological polar surface area (TPSA) is 57.9 Å². The molecule has 0 aromatic carbocycles. The Hall–Kier alpha value is -1.03. The summed E-state index contributed by atoms with van der Waals surface area (Å²) in [6.45, 7) is 1.61. The van der Waals surface area contributed by atoms with E-state index in [-0.39, 0.29) is 5.69 Å². The number of nitrogens with one attached hydrogen (secondary N) is 2. The van der Waals surface area contributed by atoms with Crippen molar-refractivity contribution in [2.75, 3.05) is 13.2 Å². The molecule has 0 saturated carbocycles. The molecular formula is C8H12N2O2. The summed E-state index contributed by atoms with van der Waals surface area (Å²) in [6, 6.07) is 0. The summed E-state index contributed by atoms with van der Waals surface area (Å²) in [6.07, 6.45) is 3.78. The maximum absolute atomic E-state index is 10.8. The molecule has 0 bridgehead atoms. The van der Waals surface area contributed by atoms with Crippen LogP contribution in [0.3, 0.4) is 0 Å². The molecule has 4 heteroatoms. The van der Waals surface area contributed by atoms with Crippen LogP contribution in [0.1, 0.15) is 24.5 Å². The molecule has 0 amide bonds. The first-order chi connectivity index (χ1) is 5.86. The zero-order chi connectivity index (χ0) is 8.39. The van der Waals surface area contributed by atoms with E-state index in [1.807, 2.05) is 0 Å². The summed E-state index contributed by atoms with van der Waals surface area (Å²) < 4.78 is 5.23. The number of imidazole rings is 1. The SMILES string of the molecule is O=c1[nH]cc(C2CCOCC2)[nH]1. The summed E-state index contributed by atoms with van der Waals surface area (Å²) >= 11 is 0. The largest absolute Gasteiger partial charge is 0.381 e. The molecule has 66 valence electrons. The minimum absolute atomic E-state index is 0.114. The van der Waals surface area contributed by atoms with E-state index in [9.17, 15) is 4.79 Å². The van der Waals surface area contributed by atoms with Gasteiger partial charge in [0, 0.05) is 31.0 Å². The predicted octanol–water partition coefficient (Wildman–Crippen LogP) is 0.597. The fourth-order valence-corrected chi connectivity index (χ4v) is 1.58. The zero-order valence-corrected chi connectivity index (χ0v) is 6.80. The van der Waals surface area contributed by atoms with E-state index >= 15 is 0 Å². The third-order valence-corrected chi connectivity index (χ3v) is 2.28. The van der Waals surface area contributed by atoms with E-state index in [0.717, 1.165) is 31.7 Å². The number of hydrogen-bond donors (Lipinski definition) is 2. The van der Waals surface area contributed by atoms with Crippen LogP contribution in [0.5, 0.6) is 0 Å². The third-order valence-electron chi connectivity index (χ3n) is 2.28. The van der Waals surface area contributed by atoms with Crippen molar-refractivity contribution in [3.63, 3.8) is 0 Å². The fraction of sp³-hybridized carbons (Fsp3) is 0.625. The summed E-state index contributed by atoms with van der Waals surface area (Å²) in [7, 11) is 0. The van der Waals surface area contributed by atoms with Crippen LogP contribution in [0.2, 0.25) is 0 Å².